The molecule has 3 aromatic rings. The molecule has 0 bridgehead atoms. The second kappa shape index (κ2) is 13.5. The molecule has 0 unspecified atom stereocenters. The Kier molecular flexibility index (Phi) is 9.88. The normalized spacial score (nSPS) is 14.0. The first kappa shape index (κ1) is 36.5. The first-order chi connectivity index (χ1) is 23.4. The predicted octanol–water partition coefficient (Wildman–Crippen LogP) is 9.73. The summed E-state index contributed by atoms with van der Waals surface area (Å²) in [5.41, 5.74) is -15.5. The number of hydrogen-bond donors (Lipinski definition) is 0. The Labute approximate surface area is 290 Å². The van der Waals surface area contributed by atoms with Crippen molar-refractivity contribution in [3.05, 3.63) is 132 Å². The van der Waals surface area contributed by atoms with E-state index in [1.54, 1.807) is 31.2 Å². The van der Waals surface area contributed by atoms with Gasteiger partial charge in [-0.05, 0) is 99.7 Å². The van der Waals surface area contributed by atoms with Gasteiger partial charge in [0.05, 0.1) is 5.57 Å². The molecule has 3 aromatic carbocycles. The number of rotatable bonds is 5. The second-order valence-electron chi connectivity index (χ2n) is 10.6. The predicted molar refractivity (Wildman–Crippen MR) is 170 cm³/mol. The van der Waals surface area contributed by atoms with Crippen molar-refractivity contribution in [1.82, 2.24) is 0 Å². The van der Waals surface area contributed by atoms with E-state index in [2.05, 4.69) is 9.69 Å². The maximum atomic E-state index is 14.5. The van der Waals surface area contributed by atoms with Gasteiger partial charge in [0, 0.05) is 31.5 Å². The molecule has 5 rings (SSSR count). The van der Waals surface area contributed by atoms with Crippen LogP contribution in [0.3, 0.4) is 0 Å². The monoisotopic (exact) mass is 746 g/mol. The molecule has 0 spiro atoms. The fourth-order valence-electron chi connectivity index (χ4n) is 5.86. The van der Waals surface area contributed by atoms with E-state index < -0.39 is 85.8 Å². The van der Waals surface area contributed by atoms with Gasteiger partial charge in [0.25, 0.3) is 0 Å². The molecule has 16 heteroatoms. The lowest BCUT2D eigenvalue weighted by Gasteiger charge is -2.17. The van der Waals surface area contributed by atoms with Crippen LogP contribution in [-0.4, -0.2) is 16.5 Å². The zero-order valence-corrected chi connectivity index (χ0v) is 27.4. The fraction of sp³-hybridized carbons (Fsp3) is 0.176. The number of hydrogen-bond acceptors (Lipinski definition) is 5. The molecule has 0 N–H and O–H groups in total. The van der Waals surface area contributed by atoms with Gasteiger partial charge in [-0.25, -0.2) is 0 Å². The van der Waals surface area contributed by atoms with Crippen LogP contribution in [0.4, 0.5) is 39.5 Å². The van der Waals surface area contributed by atoms with Gasteiger partial charge >= 0.3 is 22.3 Å². The van der Waals surface area contributed by atoms with Crippen LogP contribution in [0.1, 0.15) is 27.8 Å². The van der Waals surface area contributed by atoms with Crippen molar-refractivity contribution in [3.8, 4) is 12.1 Å². The highest BCUT2D eigenvalue weighted by Crippen LogP contribution is 2.48. The fourth-order valence-corrected chi connectivity index (χ4v) is 8.11. The number of alkyl halides is 9. The lowest BCUT2D eigenvalue weighted by Crippen LogP contribution is -2.27. The third kappa shape index (κ3) is 7.39. The van der Waals surface area contributed by atoms with E-state index in [1.165, 1.54) is 12.1 Å². The van der Waals surface area contributed by atoms with Gasteiger partial charge in [-0.1, -0.05) is 42.0 Å². The molecule has 0 aromatic heterocycles. The minimum absolute atomic E-state index is 0.0335. The van der Waals surface area contributed by atoms with Gasteiger partial charge in [-0.2, -0.15) is 59.7 Å². The minimum atomic E-state index is -5.03. The molecular weight excluding hydrogens is 732 g/mol. The van der Waals surface area contributed by atoms with Crippen LogP contribution in [0.2, 0.25) is 0 Å². The molecule has 0 atom stereocenters. The molecule has 0 amide bonds. The van der Waals surface area contributed by atoms with E-state index in [9.17, 15) is 50.0 Å². The number of aryl methyl sites for hydroxylation is 1. The SMILES string of the molecule is [C-]#[N+]C([N+]#[C-])=C1Cc2c(SC(F)(F)F)c3c(c(SC(F)(F)F)c2=C1c1ccc(C)cc1)CC(=C(C#N)C#N)C=3c1ccc(SC(F)(F)F)cc1. The Morgan fingerprint density at radius 1 is 0.640 bits per heavy atom. The molecule has 0 aliphatic heterocycles. The van der Waals surface area contributed by atoms with Crippen LogP contribution in [0.15, 0.2) is 85.8 Å². The Morgan fingerprint density at radius 2 is 1.04 bits per heavy atom. The summed E-state index contributed by atoms with van der Waals surface area (Å²) >= 11 is -1.72. The third-order valence-electron chi connectivity index (χ3n) is 7.58. The summed E-state index contributed by atoms with van der Waals surface area (Å²) in [6.45, 7) is 16.9. The second-order valence-corrected chi connectivity index (χ2v) is 13.9. The van der Waals surface area contributed by atoms with Gasteiger partial charge in [0.2, 0.25) is 0 Å². The standard InChI is InChI=1S/C34H15F9N4S3/c1-16-4-6-17(7-5-16)26-24(31(46-2)47-3)13-23-28(26)29(49-33(38,39)40)22-12-21(19(14-44)15-45)25(27(22)30(23)50-34(41,42)43)18-8-10-20(11-9-18)48-32(35,36)37/h4-11H,12-13H2,1H3. The summed E-state index contributed by atoms with van der Waals surface area (Å²) in [6.07, 6.45) is -1.14. The van der Waals surface area contributed by atoms with Crippen molar-refractivity contribution in [2.45, 2.75) is 51.0 Å². The van der Waals surface area contributed by atoms with Gasteiger partial charge in [0.1, 0.15) is 30.9 Å². The van der Waals surface area contributed by atoms with Crippen molar-refractivity contribution in [3.63, 3.8) is 0 Å². The first-order valence-electron chi connectivity index (χ1n) is 13.8. The zero-order chi connectivity index (χ0) is 36.8. The molecule has 2 aliphatic carbocycles. The summed E-state index contributed by atoms with van der Waals surface area (Å²) in [7, 11) is 0. The van der Waals surface area contributed by atoms with E-state index in [-0.39, 0.29) is 59.9 Å². The first-order valence-corrected chi connectivity index (χ1v) is 16.3. The van der Waals surface area contributed by atoms with Gasteiger partial charge in [0.15, 0.2) is 0 Å². The van der Waals surface area contributed by atoms with Crippen LogP contribution in [-0.2, 0) is 12.8 Å². The van der Waals surface area contributed by atoms with E-state index in [0.29, 0.717) is 0 Å². The number of fused-ring (bicyclic) bond motifs is 2. The largest absolute Gasteiger partial charge is 0.523 e. The summed E-state index contributed by atoms with van der Waals surface area (Å²) in [5.74, 6) is -0.554. The highest BCUT2D eigenvalue weighted by atomic mass is 32.2. The summed E-state index contributed by atoms with van der Waals surface area (Å²) in [4.78, 5) is 5.06. The van der Waals surface area contributed by atoms with Crippen molar-refractivity contribution >= 4 is 46.4 Å². The molecule has 0 saturated carbocycles. The van der Waals surface area contributed by atoms with Gasteiger partial charge in [-0.15, -0.1) is 0 Å². The molecule has 252 valence electrons. The topological polar surface area (TPSA) is 56.3 Å². The average Bonchev–Trinajstić information content (AvgIpc) is 3.60. The number of nitrogens with zero attached hydrogens (tertiary/aromatic N) is 4. The zero-order valence-electron chi connectivity index (χ0n) is 24.9. The van der Waals surface area contributed by atoms with Gasteiger partial charge < -0.3 is 0 Å². The maximum Gasteiger partial charge on any atom is 0.523 e. The van der Waals surface area contributed by atoms with Crippen LogP contribution in [0.5, 0.6) is 0 Å². The summed E-state index contributed by atoms with van der Waals surface area (Å²) in [6, 6.07) is 13.9. The van der Waals surface area contributed by atoms with Crippen molar-refractivity contribution in [1.29, 1.82) is 10.5 Å². The lowest BCUT2D eigenvalue weighted by atomic mass is 9.95. The number of benzene rings is 3. The highest BCUT2D eigenvalue weighted by molar-refractivity contribution is 8.00. The Hall–Kier alpha value is -4.74. The van der Waals surface area contributed by atoms with E-state index >= 15 is 0 Å². The molecule has 4 nitrogen and oxygen atoms in total. The Bertz CT molecular complexity index is 2260. The van der Waals surface area contributed by atoms with Crippen molar-refractivity contribution < 1.29 is 39.5 Å². The number of thioether (sulfide) groups is 3. The lowest BCUT2D eigenvalue weighted by molar-refractivity contribution is -0.0339. The van der Waals surface area contributed by atoms with Crippen LogP contribution in [0.25, 0.3) is 20.8 Å². The summed E-state index contributed by atoms with van der Waals surface area (Å²) < 4.78 is 126. The van der Waals surface area contributed by atoms with Crippen molar-refractivity contribution in [2.75, 3.05) is 0 Å². The number of allylic oxidation sites excluding steroid dienone is 3. The Balaban J connectivity index is 2.08. The van der Waals surface area contributed by atoms with Crippen LogP contribution in [0, 0.1) is 42.7 Å². The summed E-state index contributed by atoms with van der Waals surface area (Å²) in [5, 5.41) is 19.0. The minimum Gasteiger partial charge on any atom is -0.192 e. The molecule has 0 fully saturated rings. The highest BCUT2D eigenvalue weighted by Gasteiger charge is 2.42. The van der Waals surface area contributed by atoms with Crippen molar-refractivity contribution in [2.24, 2.45) is 0 Å². The molecule has 2 aliphatic rings. The number of halogens is 9. The van der Waals surface area contributed by atoms with E-state index in [0.717, 1.165) is 29.8 Å². The maximum absolute atomic E-state index is 14.5. The van der Waals surface area contributed by atoms with E-state index in [1.807, 2.05) is 0 Å². The van der Waals surface area contributed by atoms with Gasteiger partial charge in [-0.3, -0.25) is 0 Å². The average molecular weight is 747 g/mol. The quantitative estimate of drug-likeness (QED) is 0.113. The molecule has 0 radical (unpaired) electrons. The molecule has 0 saturated heterocycles. The van der Waals surface area contributed by atoms with Crippen LogP contribution >= 0.6 is 35.3 Å². The molecule has 50 heavy (non-hydrogen) atoms. The van der Waals surface area contributed by atoms with E-state index in [4.69, 9.17) is 13.1 Å². The third-order valence-corrected chi connectivity index (χ3v) is 10.1. The van der Waals surface area contributed by atoms with Crippen LogP contribution < -0.4 is 10.4 Å². The molecule has 0 heterocycles. The Morgan fingerprint density at radius 3 is 1.44 bits per heavy atom. The number of nitriles is 2. The smallest absolute Gasteiger partial charge is 0.192 e. The molecular formula is C34H15F9N4S3.